The maximum atomic E-state index is 9.52. The highest BCUT2D eigenvalue weighted by molar-refractivity contribution is 4.88. The Bertz CT molecular complexity index is 258. The average Bonchev–Trinajstić information content (AvgIpc) is 3.09. The molecule has 0 aromatic heterocycles. The molecule has 0 radical (unpaired) electrons. The Labute approximate surface area is 113 Å². The van der Waals surface area contributed by atoms with Crippen molar-refractivity contribution in [3.63, 3.8) is 0 Å². The molecule has 0 amide bonds. The molecule has 0 heterocycles. The summed E-state index contributed by atoms with van der Waals surface area (Å²) in [5, 5.41) is 13.3. The van der Waals surface area contributed by atoms with E-state index in [-0.39, 0.29) is 11.5 Å². The third-order valence-corrected chi connectivity index (χ3v) is 4.72. The average molecular weight is 253 g/mol. The Kier molecular flexibility index (Phi) is 4.71. The van der Waals surface area contributed by atoms with Crippen LogP contribution >= 0.6 is 0 Å². The van der Waals surface area contributed by atoms with Gasteiger partial charge in [-0.15, -0.1) is 0 Å². The lowest BCUT2D eigenvalue weighted by atomic mass is 9.81. The van der Waals surface area contributed by atoms with Crippen LogP contribution in [-0.4, -0.2) is 23.8 Å². The fourth-order valence-corrected chi connectivity index (χ4v) is 3.70. The molecule has 2 heteroatoms. The normalized spacial score (nSPS) is 31.3. The molecule has 2 saturated carbocycles. The number of nitrogens with one attached hydrogen (secondary N) is 1. The Balaban J connectivity index is 1.71. The van der Waals surface area contributed by atoms with Crippen LogP contribution in [0.4, 0.5) is 0 Å². The van der Waals surface area contributed by atoms with Gasteiger partial charge in [-0.1, -0.05) is 26.7 Å². The molecule has 0 aromatic carbocycles. The highest BCUT2D eigenvalue weighted by Gasteiger charge is 2.34. The van der Waals surface area contributed by atoms with Gasteiger partial charge in [-0.2, -0.15) is 0 Å². The lowest BCUT2D eigenvalue weighted by Gasteiger charge is -2.34. The number of aliphatic hydroxyl groups is 1. The highest BCUT2D eigenvalue weighted by Crippen LogP contribution is 2.43. The number of aliphatic hydroxyl groups excluding tert-OH is 1. The van der Waals surface area contributed by atoms with Gasteiger partial charge in [-0.25, -0.2) is 0 Å². The predicted octanol–water partition coefficient (Wildman–Crippen LogP) is 3.34. The van der Waals surface area contributed by atoms with Gasteiger partial charge in [0.25, 0.3) is 0 Å². The molecule has 2 aliphatic carbocycles. The third kappa shape index (κ3) is 4.55. The monoisotopic (exact) mass is 253 g/mol. The van der Waals surface area contributed by atoms with Gasteiger partial charge in [0.05, 0.1) is 6.10 Å². The summed E-state index contributed by atoms with van der Waals surface area (Å²) in [7, 11) is 0. The van der Waals surface area contributed by atoms with E-state index in [4.69, 9.17) is 0 Å². The van der Waals surface area contributed by atoms with Crippen LogP contribution in [0.3, 0.4) is 0 Å². The summed E-state index contributed by atoms with van der Waals surface area (Å²) in [5.41, 5.74) is 0.209. The van der Waals surface area contributed by atoms with Crippen molar-refractivity contribution >= 4 is 0 Å². The summed E-state index contributed by atoms with van der Waals surface area (Å²) in [6, 6.07) is 0.734. The summed E-state index contributed by atoms with van der Waals surface area (Å²) in [6.45, 7) is 7.45. The zero-order valence-corrected chi connectivity index (χ0v) is 12.4. The molecule has 0 unspecified atom stereocenters. The molecule has 0 aliphatic heterocycles. The van der Waals surface area contributed by atoms with Gasteiger partial charge >= 0.3 is 0 Å². The van der Waals surface area contributed by atoms with E-state index >= 15 is 0 Å². The molecule has 0 aromatic rings. The summed E-state index contributed by atoms with van der Waals surface area (Å²) in [5.74, 6) is 2.08. The van der Waals surface area contributed by atoms with Crippen LogP contribution in [0.5, 0.6) is 0 Å². The molecule has 3 atom stereocenters. The molecular formula is C16H31NO. The molecule has 2 rings (SSSR count). The largest absolute Gasteiger partial charge is 0.393 e. The van der Waals surface area contributed by atoms with Gasteiger partial charge in [0.1, 0.15) is 0 Å². The first-order chi connectivity index (χ1) is 8.46. The van der Waals surface area contributed by atoms with Gasteiger partial charge in [0.2, 0.25) is 0 Å². The van der Waals surface area contributed by atoms with E-state index in [0.717, 1.165) is 30.8 Å². The Hall–Kier alpha value is -0.0800. The molecule has 106 valence electrons. The molecular weight excluding hydrogens is 222 g/mol. The van der Waals surface area contributed by atoms with Crippen LogP contribution in [0.1, 0.15) is 65.7 Å². The SMILES string of the molecule is C[C@H](O)CC(C)(C)CN[C@H]1CCC[C@H](C2CC2)C1. The first-order valence-electron chi connectivity index (χ1n) is 7.88. The third-order valence-electron chi connectivity index (χ3n) is 4.72. The Morgan fingerprint density at radius 3 is 2.50 bits per heavy atom. The number of rotatable bonds is 6. The zero-order valence-electron chi connectivity index (χ0n) is 12.4. The van der Waals surface area contributed by atoms with Crippen molar-refractivity contribution in [2.45, 2.75) is 77.9 Å². The van der Waals surface area contributed by atoms with Gasteiger partial charge in [-0.05, 0) is 56.3 Å². The zero-order chi connectivity index (χ0) is 13.2. The van der Waals surface area contributed by atoms with Crippen molar-refractivity contribution < 1.29 is 5.11 Å². The summed E-state index contributed by atoms with van der Waals surface area (Å²) >= 11 is 0. The van der Waals surface area contributed by atoms with E-state index in [1.165, 1.54) is 38.5 Å². The van der Waals surface area contributed by atoms with Crippen LogP contribution in [0, 0.1) is 17.3 Å². The Morgan fingerprint density at radius 2 is 1.89 bits per heavy atom. The number of hydrogen-bond acceptors (Lipinski definition) is 2. The van der Waals surface area contributed by atoms with Gasteiger partial charge < -0.3 is 10.4 Å². The molecule has 0 bridgehead atoms. The van der Waals surface area contributed by atoms with Crippen molar-refractivity contribution in [3.8, 4) is 0 Å². The molecule has 0 saturated heterocycles. The molecule has 2 N–H and O–H groups in total. The quantitative estimate of drug-likeness (QED) is 0.761. The van der Waals surface area contributed by atoms with Gasteiger partial charge in [-0.3, -0.25) is 0 Å². The highest BCUT2D eigenvalue weighted by atomic mass is 16.3. The van der Waals surface area contributed by atoms with E-state index < -0.39 is 0 Å². The van der Waals surface area contributed by atoms with Gasteiger partial charge in [0.15, 0.2) is 0 Å². The van der Waals surface area contributed by atoms with Gasteiger partial charge in [0, 0.05) is 12.6 Å². The van der Waals surface area contributed by atoms with Crippen molar-refractivity contribution in [2.24, 2.45) is 17.3 Å². The topological polar surface area (TPSA) is 32.3 Å². The maximum absolute atomic E-state index is 9.52. The fourth-order valence-electron chi connectivity index (χ4n) is 3.70. The standard InChI is InChI=1S/C16H31NO/c1-12(18)10-16(2,3)11-17-15-6-4-5-14(9-15)13-7-8-13/h12-15,17-18H,4-11H2,1-3H3/t12-,14-,15-/m0/s1. The molecule has 2 nitrogen and oxygen atoms in total. The molecule has 0 spiro atoms. The lowest BCUT2D eigenvalue weighted by Crippen LogP contribution is -2.41. The summed E-state index contributed by atoms with van der Waals surface area (Å²) in [6.07, 6.45) is 9.32. The molecule has 18 heavy (non-hydrogen) atoms. The minimum Gasteiger partial charge on any atom is -0.393 e. The van der Waals surface area contributed by atoms with Crippen LogP contribution in [-0.2, 0) is 0 Å². The van der Waals surface area contributed by atoms with Crippen molar-refractivity contribution in [2.75, 3.05) is 6.54 Å². The van der Waals surface area contributed by atoms with E-state index in [1.807, 2.05) is 6.92 Å². The lowest BCUT2D eigenvalue weighted by molar-refractivity contribution is 0.123. The molecule has 2 fully saturated rings. The summed E-state index contributed by atoms with van der Waals surface area (Å²) < 4.78 is 0. The van der Waals surface area contributed by atoms with Crippen LogP contribution in [0.2, 0.25) is 0 Å². The van der Waals surface area contributed by atoms with E-state index in [0.29, 0.717) is 0 Å². The van der Waals surface area contributed by atoms with E-state index in [9.17, 15) is 5.11 Å². The first-order valence-corrected chi connectivity index (χ1v) is 7.88. The molecule has 2 aliphatic rings. The fraction of sp³-hybridized carbons (Fsp3) is 1.00. The minimum absolute atomic E-state index is 0.188. The Morgan fingerprint density at radius 1 is 1.17 bits per heavy atom. The predicted molar refractivity (Wildman–Crippen MR) is 76.6 cm³/mol. The van der Waals surface area contributed by atoms with Crippen LogP contribution in [0.15, 0.2) is 0 Å². The van der Waals surface area contributed by atoms with Crippen molar-refractivity contribution in [1.29, 1.82) is 0 Å². The van der Waals surface area contributed by atoms with Crippen LogP contribution in [0.25, 0.3) is 0 Å². The van der Waals surface area contributed by atoms with Crippen molar-refractivity contribution in [1.82, 2.24) is 5.32 Å². The minimum atomic E-state index is -0.188. The number of hydrogen-bond donors (Lipinski definition) is 2. The van der Waals surface area contributed by atoms with Crippen LogP contribution < -0.4 is 5.32 Å². The maximum Gasteiger partial charge on any atom is 0.0517 e. The van der Waals surface area contributed by atoms with Crippen molar-refractivity contribution in [3.05, 3.63) is 0 Å². The first kappa shape index (κ1) is 14.3. The second kappa shape index (κ2) is 5.92. The smallest absolute Gasteiger partial charge is 0.0517 e. The second-order valence-electron chi connectivity index (χ2n) is 7.56. The summed E-state index contributed by atoms with van der Waals surface area (Å²) in [4.78, 5) is 0. The van der Waals surface area contributed by atoms with E-state index in [2.05, 4.69) is 19.2 Å². The van der Waals surface area contributed by atoms with E-state index in [1.54, 1.807) is 0 Å². The second-order valence-corrected chi connectivity index (χ2v) is 7.56.